The van der Waals surface area contributed by atoms with Gasteiger partial charge in [-0.05, 0) is 19.1 Å². The maximum atomic E-state index is 13.2. The standard InChI is InChI=1S/C11H8F2O2/c1-2-3-4-15-11-9(12)5-8(7-14)6-10(11)13/h5-7H,4H2,1H3. The molecule has 0 radical (unpaired) electrons. The van der Waals surface area contributed by atoms with Crippen LogP contribution in [0.25, 0.3) is 0 Å². The first-order chi connectivity index (χ1) is 7.19. The van der Waals surface area contributed by atoms with Crippen LogP contribution in [-0.2, 0) is 0 Å². The van der Waals surface area contributed by atoms with Crippen LogP contribution in [0.3, 0.4) is 0 Å². The summed E-state index contributed by atoms with van der Waals surface area (Å²) in [5.41, 5.74) is -0.0704. The third-order valence-corrected chi connectivity index (χ3v) is 1.62. The van der Waals surface area contributed by atoms with E-state index in [0.29, 0.717) is 6.29 Å². The monoisotopic (exact) mass is 210 g/mol. The van der Waals surface area contributed by atoms with E-state index >= 15 is 0 Å². The molecular weight excluding hydrogens is 202 g/mol. The first-order valence-corrected chi connectivity index (χ1v) is 4.15. The largest absolute Gasteiger partial charge is 0.475 e. The summed E-state index contributed by atoms with van der Waals surface area (Å²) in [5, 5.41) is 0. The number of carbonyl (C=O) groups excluding carboxylic acids is 1. The maximum absolute atomic E-state index is 13.2. The first kappa shape index (κ1) is 11.2. The fourth-order valence-electron chi connectivity index (χ4n) is 0.966. The van der Waals surface area contributed by atoms with Crippen LogP contribution in [0.1, 0.15) is 17.3 Å². The molecule has 0 fully saturated rings. The Balaban J connectivity index is 2.95. The van der Waals surface area contributed by atoms with Gasteiger partial charge in [0.05, 0.1) is 0 Å². The van der Waals surface area contributed by atoms with Gasteiger partial charge in [0.15, 0.2) is 17.4 Å². The van der Waals surface area contributed by atoms with Gasteiger partial charge in [0.1, 0.15) is 12.9 Å². The van der Waals surface area contributed by atoms with Gasteiger partial charge in [0.25, 0.3) is 0 Å². The number of aldehydes is 1. The number of hydrogen-bond acceptors (Lipinski definition) is 2. The molecule has 15 heavy (non-hydrogen) atoms. The van der Waals surface area contributed by atoms with Crippen LogP contribution in [0.2, 0.25) is 0 Å². The van der Waals surface area contributed by atoms with Crippen LogP contribution in [0.15, 0.2) is 12.1 Å². The Kier molecular flexibility index (Phi) is 3.81. The Morgan fingerprint density at radius 3 is 2.47 bits per heavy atom. The van der Waals surface area contributed by atoms with E-state index in [1.165, 1.54) is 0 Å². The molecule has 0 aliphatic heterocycles. The van der Waals surface area contributed by atoms with Gasteiger partial charge in [-0.3, -0.25) is 4.79 Å². The van der Waals surface area contributed by atoms with Crippen molar-refractivity contribution < 1.29 is 18.3 Å². The van der Waals surface area contributed by atoms with Crippen LogP contribution in [0.4, 0.5) is 8.78 Å². The van der Waals surface area contributed by atoms with E-state index in [2.05, 4.69) is 11.8 Å². The van der Waals surface area contributed by atoms with Gasteiger partial charge in [0, 0.05) is 5.56 Å². The smallest absolute Gasteiger partial charge is 0.192 e. The van der Waals surface area contributed by atoms with Crippen molar-refractivity contribution in [1.29, 1.82) is 0 Å². The molecule has 0 saturated heterocycles. The third kappa shape index (κ3) is 2.78. The lowest BCUT2D eigenvalue weighted by Gasteiger charge is -2.05. The molecule has 1 aromatic carbocycles. The molecule has 0 spiro atoms. The van der Waals surface area contributed by atoms with Crippen molar-refractivity contribution in [3.8, 4) is 17.6 Å². The quantitative estimate of drug-likeness (QED) is 0.564. The summed E-state index contributed by atoms with van der Waals surface area (Å²) in [7, 11) is 0. The van der Waals surface area contributed by atoms with Crippen molar-refractivity contribution in [3.63, 3.8) is 0 Å². The van der Waals surface area contributed by atoms with Crippen molar-refractivity contribution in [1.82, 2.24) is 0 Å². The average Bonchev–Trinajstić information content (AvgIpc) is 2.22. The number of benzene rings is 1. The Bertz CT molecular complexity index is 407. The molecule has 0 unspecified atom stereocenters. The molecule has 0 aliphatic rings. The molecule has 0 bridgehead atoms. The minimum absolute atomic E-state index is 0.0704. The van der Waals surface area contributed by atoms with Gasteiger partial charge in [-0.2, -0.15) is 0 Å². The number of carbonyl (C=O) groups is 1. The molecule has 78 valence electrons. The van der Waals surface area contributed by atoms with Gasteiger partial charge in [0.2, 0.25) is 0 Å². The second kappa shape index (κ2) is 5.11. The van der Waals surface area contributed by atoms with Crippen LogP contribution in [0, 0.1) is 23.5 Å². The molecule has 1 rings (SSSR count). The van der Waals surface area contributed by atoms with E-state index in [1.807, 2.05) is 0 Å². The second-order valence-electron chi connectivity index (χ2n) is 2.65. The highest BCUT2D eigenvalue weighted by molar-refractivity contribution is 5.75. The normalized spacial score (nSPS) is 9.00. The lowest BCUT2D eigenvalue weighted by Crippen LogP contribution is -2.00. The van der Waals surface area contributed by atoms with Gasteiger partial charge < -0.3 is 4.74 Å². The zero-order valence-electron chi connectivity index (χ0n) is 8.01. The summed E-state index contributed by atoms with van der Waals surface area (Å²) in [4.78, 5) is 10.3. The maximum Gasteiger partial charge on any atom is 0.192 e. The number of halogens is 2. The van der Waals surface area contributed by atoms with E-state index in [1.54, 1.807) is 6.92 Å². The predicted octanol–water partition coefficient (Wildman–Crippen LogP) is 2.18. The average molecular weight is 210 g/mol. The molecule has 0 amide bonds. The van der Waals surface area contributed by atoms with Crippen molar-refractivity contribution in [2.45, 2.75) is 6.92 Å². The molecule has 2 nitrogen and oxygen atoms in total. The molecule has 1 aromatic rings. The molecule has 0 atom stereocenters. The van der Waals surface area contributed by atoms with Crippen molar-refractivity contribution in [3.05, 3.63) is 29.3 Å². The Labute approximate surface area is 85.9 Å². The minimum Gasteiger partial charge on any atom is -0.475 e. The third-order valence-electron chi connectivity index (χ3n) is 1.62. The molecule has 0 aromatic heterocycles. The lowest BCUT2D eigenvalue weighted by atomic mass is 10.2. The number of rotatable bonds is 3. The Hall–Kier alpha value is -1.89. The van der Waals surface area contributed by atoms with Crippen LogP contribution < -0.4 is 4.74 Å². The lowest BCUT2D eigenvalue weighted by molar-refractivity contribution is 0.112. The summed E-state index contributed by atoms with van der Waals surface area (Å²) >= 11 is 0. The molecule has 0 heterocycles. The van der Waals surface area contributed by atoms with Crippen molar-refractivity contribution >= 4 is 6.29 Å². The summed E-state index contributed by atoms with van der Waals surface area (Å²) < 4.78 is 31.1. The molecular formula is C11H8F2O2. The first-order valence-electron chi connectivity index (χ1n) is 4.15. The Morgan fingerprint density at radius 1 is 1.40 bits per heavy atom. The van der Waals surface area contributed by atoms with Crippen LogP contribution in [0.5, 0.6) is 5.75 Å². The van der Waals surface area contributed by atoms with Gasteiger partial charge in [-0.1, -0.05) is 5.92 Å². The zero-order chi connectivity index (χ0) is 11.3. The van der Waals surface area contributed by atoms with Crippen LogP contribution in [-0.4, -0.2) is 12.9 Å². The van der Waals surface area contributed by atoms with E-state index in [-0.39, 0.29) is 12.2 Å². The highest BCUT2D eigenvalue weighted by atomic mass is 19.1. The fraction of sp³-hybridized carbons (Fsp3) is 0.182. The van der Waals surface area contributed by atoms with Gasteiger partial charge in [-0.25, -0.2) is 8.78 Å². The molecule has 0 aliphatic carbocycles. The van der Waals surface area contributed by atoms with E-state index in [9.17, 15) is 13.6 Å². The fourth-order valence-corrected chi connectivity index (χ4v) is 0.966. The second-order valence-corrected chi connectivity index (χ2v) is 2.65. The Morgan fingerprint density at radius 2 is 2.00 bits per heavy atom. The van der Waals surface area contributed by atoms with E-state index in [0.717, 1.165) is 12.1 Å². The van der Waals surface area contributed by atoms with Gasteiger partial charge in [-0.15, -0.1) is 5.92 Å². The summed E-state index contributed by atoms with van der Waals surface area (Å²) in [6.07, 6.45) is 0.363. The SMILES string of the molecule is CC#CCOc1c(F)cc(C=O)cc1F. The highest BCUT2D eigenvalue weighted by Crippen LogP contribution is 2.22. The number of ether oxygens (including phenoxy) is 1. The minimum atomic E-state index is -0.907. The summed E-state index contributed by atoms with van der Waals surface area (Å²) in [5.74, 6) is 2.70. The summed E-state index contributed by atoms with van der Waals surface area (Å²) in [6.45, 7) is 1.50. The zero-order valence-corrected chi connectivity index (χ0v) is 8.01. The molecule has 0 saturated carbocycles. The molecule has 0 N–H and O–H groups in total. The topological polar surface area (TPSA) is 26.3 Å². The van der Waals surface area contributed by atoms with E-state index in [4.69, 9.17) is 4.74 Å². The number of hydrogen-bond donors (Lipinski definition) is 0. The highest BCUT2D eigenvalue weighted by Gasteiger charge is 2.11. The van der Waals surface area contributed by atoms with Crippen LogP contribution >= 0.6 is 0 Å². The van der Waals surface area contributed by atoms with Gasteiger partial charge >= 0.3 is 0 Å². The molecule has 4 heteroatoms. The van der Waals surface area contributed by atoms with E-state index < -0.39 is 17.4 Å². The predicted molar refractivity (Wildman–Crippen MR) is 50.7 cm³/mol. The summed E-state index contributed by atoms with van der Waals surface area (Å²) in [6, 6.07) is 1.82. The van der Waals surface area contributed by atoms with Crippen molar-refractivity contribution in [2.75, 3.05) is 6.61 Å². The van der Waals surface area contributed by atoms with Crippen molar-refractivity contribution in [2.24, 2.45) is 0 Å².